The van der Waals surface area contributed by atoms with Gasteiger partial charge in [0.05, 0.1) is 5.95 Å². The molecule has 0 saturated carbocycles. The summed E-state index contributed by atoms with van der Waals surface area (Å²) in [6.45, 7) is 5.49. The Labute approximate surface area is 77.0 Å². The summed E-state index contributed by atoms with van der Waals surface area (Å²) in [6, 6.07) is 0. The molecule has 1 rings (SSSR count). The first-order valence-electron chi connectivity index (χ1n) is 4.16. The molecule has 3 nitrogen and oxygen atoms in total. The first kappa shape index (κ1) is 9.58. The Bertz CT molecular complexity index is 297. The summed E-state index contributed by atoms with van der Waals surface area (Å²) in [7, 11) is 0. The van der Waals surface area contributed by atoms with Crippen LogP contribution in [0, 0.1) is 0 Å². The molecule has 3 heteroatoms. The fraction of sp³-hybridized carbons (Fsp3) is 0.300. The number of esters is 1. The van der Waals surface area contributed by atoms with Crippen molar-refractivity contribution in [2.45, 2.75) is 19.8 Å². The molecule has 1 aliphatic heterocycles. The topological polar surface area (TPSA) is 49.4 Å². The Hall–Kier alpha value is -1.51. The second-order valence-electron chi connectivity index (χ2n) is 2.76. The first-order chi connectivity index (χ1) is 6.16. The van der Waals surface area contributed by atoms with E-state index in [1.165, 1.54) is 0 Å². The Morgan fingerprint density at radius 1 is 1.62 bits per heavy atom. The van der Waals surface area contributed by atoms with Crippen LogP contribution in [-0.2, 0) is 9.53 Å². The third kappa shape index (κ3) is 1.99. The van der Waals surface area contributed by atoms with E-state index in [2.05, 4.69) is 11.3 Å². The largest absolute Gasteiger partial charge is 0.549 e. The van der Waals surface area contributed by atoms with Gasteiger partial charge in [-0.05, 0) is 6.42 Å². The van der Waals surface area contributed by atoms with E-state index in [0.717, 1.165) is 12.8 Å². The number of carbonyl (C=O) groups excluding carboxylic acids is 1. The highest BCUT2D eigenvalue weighted by molar-refractivity contribution is 5.97. The highest BCUT2D eigenvalue weighted by Crippen LogP contribution is 2.22. The fourth-order valence-corrected chi connectivity index (χ4v) is 0.970. The molecule has 0 aromatic heterocycles. The zero-order valence-electron chi connectivity index (χ0n) is 7.50. The van der Waals surface area contributed by atoms with Crippen LogP contribution in [-0.4, -0.2) is 5.97 Å². The summed E-state index contributed by atoms with van der Waals surface area (Å²) in [5, 5.41) is 11.0. The quantitative estimate of drug-likeness (QED) is 0.480. The van der Waals surface area contributed by atoms with Crippen molar-refractivity contribution in [3.8, 4) is 0 Å². The van der Waals surface area contributed by atoms with Crippen molar-refractivity contribution in [2.24, 2.45) is 0 Å². The Morgan fingerprint density at radius 3 is 2.77 bits per heavy atom. The SMILES string of the molecule is C=C1C(=O)OC([O-])=C1/C=C/CCC. The van der Waals surface area contributed by atoms with Gasteiger partial charge in [0.2, 0.25) is 5.97 Å². The molecule has 0 amide bonds. The van der Waals surface area contributed by atoms with Gasteiger partial charge in [-0.1, -0.05) is 32.1 Å². The van der Waals surface area contributed by atoms with E-state index >= 15 is 0 Å². The van der Waals surface area contributed by atoms with Crippen LogP contribution in [0.1, 0.15) is 19.8 Å². The van der Waals surface area contributed by atoms with Gasteiger partial charge >= 0.3 is 0 Å². The molecule has 70 valence electrons. The second kappa shape index (κ2) is 3.94. The molecule has 1 heterocycles. The van der Waals surface area contributed by atoms with Gasteiger partial charge in [-0.25, -0.2) is 0 Å². The van der Waals surface area contributed by atoms with Gasteiger partial charge < -0.3 is 9.84 Å². The monoisotopic (exact) mass is 179 g/mol. The Morgan fingerprint density at radius 2 is 2.31 bits per heavy atom. The standard InChI is InChI=1S/C10H12O3/c1-3-4-5-6-8-7(2)9(11)13-10(8)12/h5-6,12H,2-4H2,1H3/p-1/b6-5+. The molecule has 0 aromatic rings. The predicted molar refractivity (Wildman–Crippen MR) is 46.3 cm³/mol. The molecule has 0 aromatic carbocycles. The molecule has 1 aliphatic rings. The molecule has 0 N–H and O–H groups in total. The molecule has 0 fully saturated rings. The van der Waals surface area contributed by atoms with Crippen LogP contribution in [0.15, 0.2) is 35.8 Å². The number of allylic oxidation sites excluding steroid dienone is 2. The van der Waals surface area contributed by atoms with Gasteiger partial charge in [-0.15, -0.1) is 0 Å². The minimum Gasteiger partial charge on any atom is -0.549 e. The van der Waals surface area contributed by atoms with Crippen LogP contribution in [0.3, 0.4) is 0 Å². The zero-order valence-corrected chi connectivity index (χ0v) is 7.50. The lowest BCUT2D eigenvalue weighted by atomic mass is 10.1. The maximum atomic E-state index is 11.0. The number of rotatable bonds is 3. The first-order valence-corrected chi connectivity index (χ1v) is 4.16. The Kier molecular flexibility index (Phi) is 2.90. The van der Waals surface area contributed by atoms with Gasteiger partial charge in [0, 0.05) is 11.1 Å². The van der Waals surface area contributed by atoms with Crippen LogP contribution in [0.4, 0.5) is 0 Å². The number of ether oxygens (including phenoxy) is 1. The molecule has 0 aliphatic carbocycles. The highest BCUT2D eigenvalue weighted by atomic mass is 16.6. The van der Waals surface area contributed by atoms with Crippen LogP contribution < -0.4 is 5.11 Å². The average molecular weight is 179 g/mol. The van der Waals surface area contributed by atoms with Crippen LogP contribution in [0.25, 0.3) is 0 Å². The highest BCUT2D eigenvalue weighted by Gasteiger charge is 2.16. The van der Waals surface area contributed by atoms with Gasteiger partial charge in [0.25, 0.3) is 0 Å². The second-order valence-corrected chi connectivity index (χ2v) is 2.76. The Balaban J connectivity index is 2.74. The normalized spacial score (nSPS) is 17.3. The van der Waals surface area contributed by atoms with Crippen molar-refractivity contribution < 1.29 is 14.6 Å². The van der Waals surface area contributed by atoms with E-state index in [9.17, 15) is 9.90 Å². The van der Waals surface area contributed by atoms with Crippen molar-refractivity contribution in [3.05, 3.63) is 35.8 Å². The van der Waals surface area contributed by atoms with Gasteiger partial charge in [0.15, 0.2) is 0 Å². The van der Waals surface area contributed by atoms with E-state index < -0.39 is 11.9 Å². The van der Waals surface area contributed by atoms with E-state index in [1.807, 2.05) is 13.0 Å². The number of carbonyl (C=O) groups is 1. The molecule has 0 spiro atoms. The molecule has 0 bridgehead atoms. The maximum Gasteiger partial charge on any atom is 0.233 e. The number of unbranched alkanes of at least 4 members (excludes halogenated alkanes) is 1. The molecule has 0 saturated heterocycles. The third-order valence-electron chi connectivity index (χ3n) is 1.72. The average Bonchev–Trinajstić information content (AvgIpc) is 2.32. The molecule has 13 heavy (non-hydrogen) atoms. The molecular formula is C10H11O3-. The lowest BCUT2D eigenvalue weighted by Crippen LogP contribution is -2.06. The zero-order chi connectivity index (χ0) is 9.84. The van der Waals surface area contributed by atoms with Crippen molar-refractivity contribution in [3.63, 3.8) is 0 Å². The van der Waals surface area contributed by atoms with E-state index in [-0.39, 0.29) is 11.1 Å². The molecule has 0 unspecified atom stereocenters. The summed E-state index contributed by atoms with van der Waals surface area (Å²) >= 11 is 0. The molecule has 0 atom stereocenters. The smallest absolute Gasteiger partial charge is 0.233 e. The van der Waals surface area contributed by atoms with Crippen molar-refractivity contribution in [1.82, 2.24) is 0 Å². The fourth-order valence-electron chi connectivity index (χ4n) is 0.970. The maximum absolute atomic E-state index is 11.0. The van der Waals surface area contributed by atoms with Crippen LogP contribution in [0.5, 0.6) is 0 Å². The lowest BCUT2D eigenvalue weighted by molar-refractivity contribution is -0.347. The minimum atomic E-state index is -0.638. The van der Waals surface area contributed by atoms with Crippen molar-refractivity contribution in [1.29, 1.82) is 0 Å². The number of hydrogen-bond donors (Lipinski definition) is 0. The summed E-state index contributed by atoms with van der Waals surface area (Å²) in [6.07, 6.45) is 5.30. The molecule has 0 radical (unpaired) electrons. The van der Waals surface area contributed by atoms with E-state index in [0.29, 0.717) is 0 Å². The number of hydrogen-bond acceptors (Lipinski definition) is 3. The van der Waals surface area contributed by atoms with Gasteiger partial charge in [-0.3, -0.25) is 4.79 Å². The van der Waals surface area contributed by atoms with Crippen LogP contribution in [0.2, 0.25) is 0 Å². The van der Waals surface area contributed by atoms with E-state index in [4.69, 9.17) is 0 Å². The summed E-state index contributed by atoms with van der Waals surface area (Å²) in [4.78, 5) is 10.8. The minimum absolute atomic E-state index is 0.150. The lowest BCUT2D eigenvalue weighted by Gasteiger charge is -2.02. The van der Waals surface area contributed by atoms with Crippen molar-refractivity contribution in [2.75, 3.05) is 0 Å². The van der Waals surface area contributed by atoms with Gasteiger partial charge in [-0.2, -0.15) is 0 Å². The third-order valence-corrected chi connectivity index (χ3v) is 1.72. The molecular weight excluding hydrogens is 168 g/mol. The van der Waals surface area contributed by atoms with E-state index in [1.54, 1.807) is 6.08 Å². The van der Waals surface area contributed by atoms with Crippen molar-refractivity contribution >= 4 is 5.97 Å². The summed E-state index contributed by atoms with van der Waals surface area (Å²) in [5.74, 6) is -1.23. The van der Waals surface area contributed by atoms with Gasteiger partial charge in [0.1, 0.15) is 0 Å². The number of cyclic esters (lactones) is 1. The predicted octanol–water partition coefficient (Wildman–Crippen LogP) is 1.03. The summed E-state index contributed by atoms with van der Waals surface area (Å²) in [5.41, 5.74) is 0.427. The van der Waals surface area contributed by atoms with Crippen LogP contribution >= 0.6 is 0 Å². The summed E-state index contributed by atoms with van der Waals surface area (Å²) < 4.78 is 4.35.